The van der Waals surface area contributed by atoms with Crippen LogP contribution in [0.15, 0.2) is 0 Å². The molecule has 0 spiro atoms. The zero-order chi connectivity index (χ0) is 7.56. The minimum Gasteiger partial charge on any atom is -0.327 e. The van der Waals surface area contributed by atoms with Crippen LogP contribution in [0, 0.1) is 11.3 Å². The second kappa shape index (κ2) is 4.20. The average molecular weight is 175 g/mol. The number of carbonyl (C=O) groups excluding carboxylic acids is 1. The predicted molar refractivity (Wildman–Crippen MR) is 43.3 cm³/mol. The summed E-state index contributed by atoms with van der Waals surface area (Å²) in [6.07, 6.45) is 1.81. The van der Waals surface area contributed by atoms with E-state index < -0.39 is 0 Å². The fraction of sp³-hybridized carbons (Fsp3) is 0.714. The Hall–Kier alpha value is -0.750. The number of hydrogen-bond acceptors (Lipinski definition) is 2. The zero-order valence-corrected chi connectivity index (χ0v) is 7.23. The van der Waals surface area contributed by atoms with Crippen molar-refractivity contribution in [3.63, 3.8) is 0 Å². The number of nitrogens with zero attached hydrogens (tertiary/aromatic N) is 2. The van der Waals surface area contributed by atoms with Crippen LogP contribution < -0.4 is 0 Å². The van der Waals surface area contributed by atoms with Crippen LogP contribution in [0.3, 0.4) is 0 Å². The van der Waals surface area contributed by atoms with E-state index in [9.17, 15) is 4.79 Å². The fourth-order valence-corrected chi connectivity index (χ4v) is 1.28. The Bertz CT molecular complexity index is 187. The first-order valence-electron chi connectivity index (χ1n) is 3.42. The lowest BCUT2D eigenvalue weighted by Gasteiger charge is -2.16. The maximum Gasteiger partial charge on any atom is 0.220 e. The topological polar surface area (TPSA) is 44.1 Å². The third-order valence-electron chi connectivity index (χ3n) is 1.81. The van der Waals surface area contributed by atoms with E-state index in [1.54, 1.807) is 4.90 Å². The van der Waals surface area contributed by atoms with Crippen LogP contribution in [-0.2, 0) is 4.79 Å². The first-order chi connectivity index (χ1) is 4.75. The van der Waals surface area contributed by atoms with Crippen LogP contribution in [0.4, 0.5) is 0 Å². The van der Waals surface area contributed by atoms with Gasteiger partial charge in [0.25, 0.3) is 0 Å². The van der Waals surface area contributed by atoms with Crippen LogP contribution in [-0.4, -0.2) is 23.4 Å². The highest BCUT2D eigenvalue weighted by molar-refractivity contribution is 5.85. The highest BCUT2D eigenvalue weighted by Crippen LogP contribution is 2.15. The lowest BCUT2D eigenvalue weighted by molar-refractivity contribution is -0.128. The molecule has 1 rings (SSSR count). The van der Waals surface area contributed by atoms with Gasteiger partial charge in [-0.05, 0) is 12.8 Å². The van der Waals surface area contributed by atoms with Gasteiger partial charge in [0.15, 0.2) is 0 Å². The van der Waals surface area contributed by atoms with Gasteiger partial charge >= 0.3 is 0 Å². The minimum atomic E-state index is -0.155. The minimum absolute atomic E-state index is 0. The van der Waals surface area contributed by atoms with Crippen LogP contribution in [0.2, 0.25) is 0 Å². The van der Waals surface area contributed by atoms with Gasteiger partial charge in [0.05, 0.1) is 6.07 Å². The molecule has 11 heavy (non-hydrogen) atoms. The van der Waals surface area contributed by atoms with E-state index in [4.69, 9.17) is 5.26 Å². The number of rotatable bonds is 0. The summed E-state index contributed by atoms with van der Waals surface area (Å²) < 4.78 is 0. The van der Waals surface area contributed by atoms with Crippen LogP contribution in [0.25, 0.3) is 0 Å². The second-order valence-electron chi connectivity index (χ2n) is 2.50. The summed E-state index contributed by atoms with van der Waals surface area (Å²) >= 11 is 0. The van der Waals surface area contributed by atoms with E-state index in [-0.39, 0.29) is 24.4 Å². The van der Waals surface area contributed by atoms with Crippen molar-refractivity contribution in [2.75, 3.05) is 6.54 Å². The van der Waals surface area contributed by atoms with Crippen molar-refractivity contribution in [3.8, 4) is 6.07 Å². The molecule has 0 unspecified atom stereocenters. The van der Waals surface area contributed by atoms with E-state index in [2.05, 4.69) is 6.07 Å². The molecule has 3 nitrogen and oxygen atoms in total. The van der Waals surface area contributed by atoms with Gasteiger partial charge in [-0.25, -0.2) is 0 Å². The number of nitriles is 1. The number of amides is 1. The Kier molecular flexibility index (Phi) is 3.91. The van der Waals surface area contributed by atoms with E-state index in [0.717, 1.165) is 19.4 Å². The molecule has 1 atom stereocenters. The molecule has 0 radical (unpaired) electrons. The molecule has 1 aliphatic rings. The summed E-state index contributed by atoms with van der Waals surface area (Å²) in [5.41, 5.74) is 0. The Morgan fingerprint density at radius 3 is 2.73 bits per heavy atom. The van der Waals surface area contributed by atoms with Crippen molar-refractivity contribution in [3.05, 3.63) is 0 Å². The molecule has 1 heterocycles. The summed E-state index contributed by atoms with van der Waals surface area (Å²) in [6.45, 7) is 2.27. The van der Waals surface area contributed by atoms with Crippen molar-refractivity contribution in [1.82, 2.24) is 4.90 Å². The van der Waals surface area contributed by atoms with E-state index >= 15 is 0 Å². The SMILES string of the molecule is CC(=O)N1CCC[C@H]1C#N.Cl. The van der Waals surface area contributed by atoms with Crippen molar-refractivity contribution < 1.29 is 4.79 Å². The van der Waals surface area contributed by atoms with Crippen molar-refractivity contribution in [2.45, 2.75) is 25.8 Å². The molecule has 0 aromatic rings. The standard InChI is InChI=1S/C7H10N2O.ClH/c1-6(10)9-4-2-3-7(9)5-8;/h7H,2-4H2,1H3;1H/t7-;/m0./s1. The van der Waals surface area contributed by atoms with Gasteiger partial charge in [-0.2, -0.15) is 5.26 Å². The van der Waals surface area contributed by atoms with Gasteiger partial charge in [0.2, 0.25) is 5.91 Å². The number of likely N-dealkylation sites (tertiary alicyclic amines) is 1. The first-order valence-corrected chi connectivity index (χ1v) is 3.42. The van der Waals surface area contributed by atoms with Gasteiger partial charge in [-0.3, -0.25) is 4.79 Å². The molecular weight excluding hydrogens is 164 g/mol. The third kappa shape index (κ3) is 2.09. The molecule has 0 aromatic heterocycles. The lowest BCUT2D eigenvalue weighted by atomic mass is 10.2. The second-order valence-corrected chi connectivity index (χ2v) is 2.50. The maximum atomic E-state index is 10.8. The average Bonchev–Trinajstić information content (AvgIpc) is 2.33. The predicted octanol–water partition coefficient (Wildman–Crippen LogP) is 0.943. The van der Waals surface area contributed by atoms with Gasteiger partial charge in [-0.15, -0.1) is 12.4 Å². The summed E-state index contributed by atoms with van der Waals surface area (Å²) in [6, 6.07) is 1.95. The number of halogens is 1. The normalized spacial score (nSPS) is 22.2. The quantitative estimate of drug-likeness (QED) is 0.549. The molecule has 0 N–H and O–H groups in total. The van der Waals surface area contributed by atoms with Crippen molar-refractivity contribution >= 4 is 18.3 Å². The number of hydrogen-bond donors (Lipinski definition) is 0. The van der Waals surface area contributed by atoms with Crippen LogP contribution in [0.5, 0.6) is 0 Å². The zero-order valence-electron chi connectivity index (χ0n) is 6.41. The third-order valence-corrected chi connectivity index (χ3v) is 1.81. The molecule has 62 valence electrons. The molecule has 1 fully saturated rings. The highest BCUT2D eigenvalue weighted by atomic mass is 35.5. The van der Waals surface area contributed by atoms with Gasteiger partial charge in [0.1, 0.15) is 6.04 Å². The molecule has 0 saturated carbocycles. The fourth-order valence-electron chi connectivity index (χ4n) is 1.28. The highest BCUT2D eigenvalue weighted by Gasteiger charge is 2.25. The largest absolute Gasteiger partial charge is 0.327 e. The maximum absolute atomic E-state index is 10.8. The Morgan fingerprint density at radius 1 is 1.73 bits per heavy atom. The summed E-state index contributed by atoms with van der Waals surface area (Å²) in [5, 5.41) is 8.54. The summed E-state index contributed by atoms with van der Waals surface area (Å²) in [4.78, 5) is 12.4. The molecule has 1 saturated heterocycles. The molecule has 1 aliphatic heterocycles. The van der Waals surface area contributed by atoms with Gasteiger partial charge in [-0.1, -0.05) is 0 Å². The lowest BCUT2D eigenvalue weighted by Crippen LogP contribution is -2.32. The smallest absolute Gasteiger partial charge is 0.220 e. The van der Waals surface area contributed by atoms with Crippen molar-refractivity contribution in [1.29, 1.82) is 5.26 Å². The first kappa shape index (κ1) is 10.2. The summed E-state index contributed by atoms with van der Waals surface area (Å²) in [7, 11) is 0. The van der Waals surface area contributed by atoms with E-state index in [1.807, 2.05) is 0 Å². The molecule has 0 aromatic carbocycles. The van der Waals surface area contributed by atoms with Crippen LogP contribution in [0.1, 0.15) is 19.8 Å². The van der Waals surface area contributed by atoms with Gasteiger partial charge < -0.3 is 4.90 Å². The van der Waals surface area contributed by atoms with Crippen LogP contribution >= 0.6 is 12.4 Å². The summed E-state index contributed by atoms with van der Waals surface area (Å²) in [5.74, 6) is 0.0176. The molecule has 0 aliphatic carbocycles. The molecular formula is C7H11ClN2O. The van der Waals surface area contributed by atoms with Gasteiger partial charge in [0, 0.05) is 13.5 Å². The monoisotopic (exact) mass is 174 g/mol. The Labute approximate surface area is 72.4 Å². The van der Waals surface area contributed by atoms with E-state index in [0.29, 0.717) is 0 Å². The Balaban J connectivity index is 0.000001000. The number of carbonyl (C=O) groups is 1. The van der Waals surface area contributed by atoms with Crippen molar-refractivity contribution in [2.24, 2.45) is 0 Å². The molecule has 0 bridgehead atoms. The molecule has 4 heteroatoms. The van der Waals surface area contributed by atoms with E-state index in [1.165, 1.54) is 6.92 Å². The molecule has 1 amide bonds. The Morgan fingerprint density at radius 2 is 2.36 bits per heavy atom.